The van der Waals surface area contributed by atoms with Crippen molar-refractivity contribution in [2.24, 2.45) is 0 Å². The molecule has 1 aliphatic heterocycles. The van der Waals surface area contributed by atoms with E-state index in [0.717, 1.165) is 6.54 Å². The molecule has 0 amide bonds. The molecule has 70 valence electrons. The topological polar surface area (TPSA) is 12.0 Å². The molecule has 1 heteroatoms. The summed E-state index contributed by atoms with van der Waals surface area (Å²) < 4.78 is 0. The van der Waals surface area contributed by atoms with Crippen LogP contribution < -0.4 is 5.32 Å². The SMILES string of the molecule is Cc1ccc2c(c1)CNC(C)C2C. The van der Waals surface area contributed by atoms with Crippen LogP contribution in [0.25, 0.3) is 0 Å². The molecule has 0 fully saturated rings. The number of nitrogens with one attached hydrogen (secondary N) is 1. The Morgan fingerprint density at radius 1 is 1.31 bits per heavy atom. The lowest BCUT2D eigenvalue weighted by Crippen LogP contribution is -2.35. The maximum Gasteiger partial charge on any atom is 0.0211 e. The molecule has 2 unspecified atom stereocenters. The second-order valence-electron chi connectivity index (χ2n) is 4.16. The van der Waals surface area contributed by atoms with Crippen LogP contribution in [0.1, 0.15) is 36.5 Å². The highest BCUT2D eigenvalue weighted by atomic mass is 14.9. The number of hydrogen-bond donors (Lipinski definition) is 1. The van der Waals surface area contributed by atoms with Gasteiger partial charge in [0.25, 0.3) is 0 Å². The summed E-state index contributed by atoms with van der Waals surface area (Å²) in [6, 6.07) is 7.40. The molecule has 13 heavy (non-hydrogen) atoms. The Bertz CT molecular complexity index is 317. The van der Waals surface area contributed by atoms with Gasteiger partial charge in [0.1, 0.15) is 0 Å². The van der Waals surface area contributed by atoms with Crippen LogP contribution in [0.2, 0.25) is 0 Å². The first-order valence-corrected chi connectivity index (χ1v) is 5.01. The molecule has 1 N–H and O–H groups in total. The van der Waals surface area contributed by atoms with Crippen LogP contribution in [0.5, 0.6) is 0 Å². The van der Waals surface area contributed by atoms with Gasteiger partial charge in [0, 0.05) is 12.6 Å². The van der Waals surface area contributed by atoms with Gasteiger partial charge in [-0.2, -0.15) is 0 Å². The van der Waals surface area contributed by atoms with Crippen molar-refractivity contribution in [1.82, 2.24) is 5.32 Å². The molecule has 1 aromatic rings. The second-order valence-corrected chi connectivity index (χ2v) is 4.16. The highest BCUT2D eigenvalue weighted by molar-refractivity contribution is 5.36. The van der Waals surface area contributed by atoms with Gasteiger partial charge in [-0.25, -0.2) is 0 Å². The fourth-order valence-electron chi connectivity index (χ4n) is 2.05. The maximum atomic E-state index is 3.52. The monoisotopic (exact) mass is 175 g/mol. The van der Waals surface area contributed by atoms with Gasteiger partial charge in [0.15, 0.2) is 0 Å². The number of fused-ring (bicyclic) bond motifs is 1. The van der Waals surface area contributed by atoms with Gasteiger partial charge in [0.2, 0.25) is 0 Å². The molecule has 1 nitrogen and oxygen atoms in total. The van der Waals surface area contributed by atoms with E-state index in [1.165, 1.54) is 16.7 Å². The maximum absolute atomic E-state index is 3.52. The zero-order valence-electron chi connectivity index (χ0n) is 8.59. The third kappa shape index (κ3) is 1.49. The molecule has 0 aliphatic carbocycles. The molecular weight excluding hydrogens is 158 g/mol. The smallest absolute Gasteiger partial charge is 0.0211 e. The highest BCUT2D eigenvalue weighted by Crippen LogP contribution is 2.27. The van der Waals surface area contributed by atoms with Crippen LogP contribution in [0.15, 0.2) is 18.2 Å². The van der Waals surface area contributed by atoms with Crippen LogP contribution in [-0.2, 0) is 6.54 Å². The van der Waals surface area contributed by atoms with Crippen molar-refractivity contribution in [2.45, 2.75) is 39.3 Å². The Kier molecular flexibility index (Phi) is 2.12. The van der Waals surface area contributed by atoms with E-state index in [-0.39, 0.29) is 0 Å². The molecule has 0 radical (unpaired) electrons. The summed E-state index contributed by atoms with van der Waals surface area (Å²) in [6.45, 7) is 7.74. The summed E-state index contributed by atoms with van der Waals surface area (Å²) in [5.41, 5.74) is 4.37. The Balaban J connectivity index is 2.44. The normalized spacial score (nSPS) is 27.0. The van der Waals surface area contributed by atoms with Crippen molar-refractivity contribution in [3.8, 4) is 0 Å². The molecule has 0 saturated carbocycles. The summed E-state index contributed by atoms with van der Waals surface area (Å²) in [5, 5.41) is 3.52. The minimum atomic E-state index is 0.607. The third-order valence-corrected chi connectivity index (χ3v) is 3.15. The van der Waals surface area contributed by atoms with Crippen LogP contribution >= 0.6 is 0 Å². The predicted octanol–water partition coefficient (Wildman–Crippen LogP) is 2.59. The number of hydrogen-bond acceptors (Lipinski definition) is 1. The lowest BCUT2D eigenvalue weighted by molar-refractivity contribution is 0.448. The molecule has 1 aliphatic rings. The molecule has 2 rings (SSSR count). The van der Waals surface area contributed by atoms with Gasteiger partial charge in [0.05, 0.1) is 0 Å². The molecule has 2 atom stereocenters. The van der Waals surface area contributed by atoms with E-state index in [9.17, 15) is 0 Å². The van der Waals surface area contributed by atoms with Gasteiger partial charge < -0.3 is 5.32 Å². The first-order chi connectivity index (χ1) is 6.18. The van der Waals surface area contributed by atoms with E-state index < -0.39 is 0 Å². The standard InChI is InChI=1S/C12H17N/c1-8-4-5-12-9(2)10(3)13-7-11(12)6-8/h4-6,9-10,13H,7H2,1-3H3. The zero-order valence-corrected chi connectivity index (χ0v) is 8.59. The van der Waals surface area contributed by atoms with Crippen molar-refractivity contribution in [2.75, 3.05) is 0 Å². The lowest BCUT2D eigenvalue weighted by Gasteiger charge is -2.30. The van der Waals surface area contributed by atoms with E-state index in [2.05, 4.69) is 44.3 Å². The van der Waals surface area contributed by atoms with E-state index in [1.54, 1.807) is 0 Å². The van der Waals surface area contributed by atoms with E-state index in [4.69, 9.17) is 0 Å². The lowest BCUT2D eigenvalue weighted by atomic mass is 9.86. The first-order valence-electron chi connectivity index (χ1n) is 5.01. The Hall–Kier alpha value is -0.820. The molecular formula is C12H17N. The van der Waals surface area contributed by atoms with Crippen molar-refractivity contribution in [3.05, 3.63) is 34.9 Å². The van der Waals surface area contributed by atoms with Crippen molar-refractivity contribution in [1.29, 1.82) is 0 Å². The van der Waals surface area contributed by atoms with Crippen LogP contribution in [0.3, 0.4) is 0 Å². The minimum Gasteiger partial charge on any atom is -0.310 e. The van der Waals surface area contributed by atoms with Crippen LogP contribution in [0, 0.1) is 6.92 Å². The predicted molar refractivity (Wildman–Crippen MR) is 55.9 cm³/mol. The average molecular weight is 175 g/mol. The molecule has 1 heterocycles. The number of rotatable bonds is 0. The zero-order chi connectivity index (χ0) is 9.42. The van der Waals surface area contributed by atoms with Crippen LogP contribution in [-0.4, -0.2) is 6.04 Å². The molecule has 0 aromatic heterocycles. The molecule has 0 saturated heterocycles. The Labute approximate surface area is 80.2 Å². The van der Waals surface area contributed by atoms with Gasteiger partial charge in [-0.3, -0.25) is 0 Å². The first kappa shape index (κ1) is 8.76. The molecule has 0 spiro atoms. The number of benzene rings is 1. The largest absolute Gasteiger partial charge is 0.310 e. The Morgan fingerprint density at radius 3 is 2.85 bits per heavy atom. The van der Waals surface area contributed by atoms with Gasteiger partial charge >= 0.3 is 0 Å². The molecule has 1 aromatic carbocycles. The second kappa shape index (κ2) is 3.15. The van der Waals surface area contributed by atoms with E-state index >= 15 is 0 Å². The van der Waals surface area contributed by atoms with Crippen molar-refractivity contribution in [3.63, 3.8) is 0 Å². The summed E-state index contributed by atoms with van der Waals surface area (Å²) in [5.74, 6) is 0.643. The third-order valence-electron chi connectivity index (χ3n) is 3.15. The highest BCUT2D eigenvalue weighted by Gasteiger charge is 2.21. The van der Waals surface area contributed by atoms with E-state index in [1.807, 2.05) is 0 Å². The Morgan fingerprint density at radius 2 is 2.08 bits per heavy atom. The van der Waals surface area contributed by atoms with Gasteiger partial charge in [-0.1, -0.05) is 30.7 Å². The van der Waals surface area contributed by atoms with Crippen LogP contribution in [0.4, 0.5) is 0 Å². The fraction of sp³-hybridized carbons (Fsp3) is 0.500. The molecule has 0 bridgehead atoms. The summed E-state index contributed by atoms with van der Waals surface area (Å²) >= 11 is 0. The van der Waals surface area contributed by atoms with Gasteiger partial charge in [-0.15, -0.1) is 0 Å². The summed E-state index contributed by atoms with van der Waals surface area (Å²) in [6.07, 6.45) is 0. The minimum absolute atomic E-state index is 0.607. The van der Waals surface area contributed by atoms with E-state index in [0.29, 0.717) is 12.0 Å². The number of aryl methyl sites for hydroxylation is 1. The summed E-state index contributed by atoms with van der Waals surface area (Å²) in [7, 11) is 0. The van der Waals surface area contributed by atoms with Crippen molar-refractivity contribution < 1.29 is 0 Å². The van der Waals surface area contributed by atoms with Gasteiger partial charge in [-0.05, 0) is 30.9 Å². The van der Waals surface area contributed by atoms with Crippen molar-refractivity contribution >= 4 is 0 Å². The fourth-order valence-corrected chi connectivity index (χ4v) is 2.05. The quantitative estimate of drug-likeness (QED) is 0.639. The summed E-state index contributed by atoms with van der Waals surface area (Å²) in [4.78, 5) is 0. The average Bonchev–Trinajstić information content (AvgIpc) is 2.12.